The molecule has 0 amide bonds. The van der Waals surface area contributed by atoms with Crippen LogP contribution in [0.1, 0.15) is 0 Å². The summed E-state index contributed by atoms with van der Waals surface area (Å²) in [6.07, 6.45) is 0. The van der Waals surface area contributed by atoms with Crippen molar-refractivity contribution >= 4 is 32.6 Å². The third-order valence-electron chi connectivity index (χ3n) is 6.11. The standard InChI is InChI=1S/C25H27N5O6S/c1-33-18-7-5-8-19(34-2)24(18)37(31,32)29-25-23-20(35-3)14-16(15-21(23)36-28-25)17-6-4-9-22(27-17)30-12-10-26-11-13-30/h4-9,14-15,26H,10-13H2,1-3H3,(H,28,29). The van der Waals surface area contributed by atoms with Crippen LogP contribution in [0.2, 0.25) is 0 Å². The number of sulfonamides is 1. The Morgan fingerprint density at radius 3 is 2.30 bits per heavy atom. The van der Waals surface area contributed by atoms with Crippen molar-refractivity contribution in [3.63, 3.8) is 0 Å². The van der Waals surface area contributed by atoms with Crippen LogP contribution in [0.3, 0.4) is 0 Å². The number of hydrogen-bond acceptors (Lipinski definition) is 10. The molecule has 0 aliphatic carbocycles. The number of methoxy groups -OCH3 is 3. The van der Waals surface area contributed by atoms with Crippen molar-refractivity contribution in [2.24, 2.45) is 0 Å². The van der Waals surface area contributed by atoms with Gasteiger partial charge in [-0.15, -0.1) is 0 Å². The van der Waals surface area contributed by atoms with Crippen molar-refractivity contribution in [1.29, 1.82) is 0 Å². The van der Waals surface area contributed by atoms with Gasteiger partial charge < -0.3 is 29.0 Å². The monoisotopic (exact) mass is 525 g/mol. The molecule has 1 fully saturated rings. The van der Waals surface area contributed by atoms with E-state index in [1.165, 1.54) is 33.5 Å². The number of piperazine rings is 1. The molecule has 0 bridgehead atoms. The second kappa shape index (κ2) is 10.1. The minimum atomic E-state index is -4.17. The van der Waals surface area contributed by atoms with E-state index in [4.69, 9.17) is 23.7 Å². The summed E-state index contributed by atoms with van der Waals surface area (Å²) in [5.41, 5.74) is 1.82. The number of benzene rings is 2. The minimum absolute atomic E-state index is 0.0196. The molecule has 1 saturated heterocycles. The van der Waals surface area contributed by atoms with E-state index in [9.17, 15) is 8.42 Å². The Morgan fingerprint density at radius 2 is 1.62 bits per heavy atom. The maximum Gasteiger partial charge on any atom is 0.270 e. The SMILES string of the molecule is COc1cccc(OC)c1S(=O)(=O)Nc1noc2cc(-c3cccc(N4CCNCC4)n3)cc(OC)c12. The zero-order valence-electron chi connectivity index (χ0n) is 20.6. The van der Waals surface area contributed by atoms with E-state index in [-0.39, 0.29) is 22.2 Å². The fraction of sp³-hybridized carbons (Fsp3) is 0.280. The lowest BCUT2D eigenvalue weighted by Gasteiger charge is -2.28. The first-order valence-electron chi connectivity index (χ1n) is 11.6. The highest BCUT2D eigenvalue weighted by molar-refractivity contribution is 7.93. The lowest BCUT2D eigenvalue weighted by Crippen LogP contribution is -2.43. The van der Waals surface area contributed by atoms with Crippen molar-refractivity contribution in [1.82, 2.24) is 15.5 Å². The van der Waals surface area contributed by atoms with Crippen LogP contribution < -0.4 is 29.1 Å². The largest absolute Gasteiger partial charge is 0.496 e. The molecule has 2 aromatic heterocycles. The summed E-state index contributed by atoms with van der Waals surface area (Å²) in [7, 11) is 0.0991. The van der Waals surface area contributed by atoms with Gasteiger partial charge in [-0.05, 0) is 36.4 Å². The predicted molar refractivity (Wildman–Crippen MR) is 139 cm³/mol. The van der Waals surface area contributed by atoms with E-state index >= 15 is 0 Å². The van der Waals surface area contributed by atoms with Crippen molar-refractivity contribution in [3.8, 4) is 28.5 Å². The normalized spacial score (nSPS) is 14.0. The highest BCUT2D eigenvalue weighted by atomic mass is 32.2. The summed E-state index contributed by atoms with van der Waals surface area (Å²) in [6.45, 7) is 3.56. The number of nitrogens with one attached hydrogen (secondary N) is 2. The Hall–Kier alpha value is -4.03. The summed E-state index contributed by atoms with van der Waals surface area (Å²) in [6, 6.07) is 14.1. The van der Waals surface area contributed by atoms with Gasteiger partial charge in [-0.3, -0.25) is 4.72 Å². The number of pyridine rings is 1. The van der Waals surface area contributed by atoms with Crippen molar-refractivity contribution in [3.05, 3.63) is 48.5 Å². The van der Waals surface area contributed by atoms with Crippen LogP contribution in [0.25, 0.3) is 22.2 Å². The second-order valence-corrected chi connectivity index (χ2v) is 9.92. The molecule has 0 radical (unpaired) electrons. The Morgan fingerprint density at radius 1 is 0.946 bits per heavy atom. The first-order chi connectivity index (χ1) is 17.9. The van der Waals surface area contributed by atoms with Crippen molar-refractivity contribution in [2.45, 2.75) is 4.90 Å². The van der Waals surface area contributed by atoms with Crippen LogP contribution >= 0.6 is 0 Å². The lowest BCUT2D eigenvalue weighted by atomic mass is 10.1. The van der Waals surface area contributed by atoms with Gasteiger partial charge in [-0.1, -0.05) is 17.3 Å². The lowest BCUT2D eigenvalue weighted by molar-refractivity contribution is 0.373. The molecule has 5 rings (SSSR count). The van der Waals surface area contributed by atoms with E-state index in [0.717, 1.165) is 43.3 Å². The summed E-state index contributed by atoms with van der Waals surface area (Å²) in [5.74, 6) is 1.50. The first-order valence-corrected chi connectivity index (χ1v) is 13.1. The van der Waals surface area contributed by atoms with E-state index < -0.39 is 10.0 Å². The summed E-state index contributed by atoms with van der Waals surface area (Å²) in [4.78, 5) is 6.91. The van der Waals surface area contributed by atoms with Crippen molar-refractivity contribution in [2.75, 3.05) is 57.1 Å². The topological polar surface area (TPSA) is 128 Å². The number of nitrogens with zero attached hydrogens (tertiary/aromatic N) is 3. The maximum atomic E-state index is 13.4. The van der Waals surface area contributed by atoms with Gasteiger partial charge in [-0.2, -0.15) is 0 Å². The Labute approximate surface area is 214 Å². The summed E-state index contributed by atoms with van der Waals surface area (Å²) in [5, 5.41) is 7.71. The molecule has 0 spiro atoms. The quantitative estimate of drug-likeness (QED) is 0.354. The maximum absolute atomic E-state index is 13.4. The Kier molecular flexibility index (Phi) is 6.76. The molecule has 0 unspecified atom stereocenters. The highest BCUT2D eigenvalue weighted by Crippen LogP contribution is 2.39. The number of anilines is 2. The average molecular weight is 526 g/mol. The van der Waals surface area contributed by atoms with E-state index in [2.05, 4.69) is 20.1 Å². The molecule has 194 valence electrons. The Balaban J connectivity index is 1.53. The summed E-state index contributed by atoms with van der Waals surface area (Å²) >= 11 is 0. The number of aromatic nitrogens is 2. The molecule has 37 heavy (non-hydrogen) atoms. The van der Waals surface area contributed by atoms with Crippen LogP contribution in [-0.2, 0) is 10.0 Å². The zero-order chi connectivity index (χ0) is 26.0. The van der Waals surface area contributed by atoms with Gasteiger partial charge in [0.1, 0.15) is 28.5 Å². The first kappa shape index (κ1) is 24.7. The molecular formula is C25H27N5O6S. The average Bonchev–Trinajstić information content (AvgIpc) is 3.34. The smallest absolute Gasteiger partial charge is 0.270 e. The molecule has 11 nitrogen and oxygen atoms in total. The van der Waals surface area contributed by atoms with E-state index in [1.807, 2.05) is 18.2 Å². The molecule has 4 aromatic rings. The number of ether oxygens (including phenoxy) is 3. The number of hydrogen-bond donors (Lipinski definition) is 2. The van der Waals surface area contributed by atoms with E-state index in [1.54, 1.807) is 18.2 Å². The molecule has 0 atom stereocenters. The van der Waals surface area contributed by atoms with Crippen LogP contribution in [0, 0.1) is 0 Å². The second-order valence-electron chi connectivity index (χ2n) is 8.30. The molecule has 1 aliphatic rings. The van der Waals surface area contributed by atoms with Crippen LogP contribution in [0.5, 0.6) is 17.2 Å². The zero-order valence-corrected chi connectivity index (χ0v) is 21.5. The summed E-state index contributed by atoms with van der Waals surface area (Å²) < 4.78 is 50.9. The third kappa shape index (κ3) is 4.72. The fourth-order valence-corrected chi connectivity index (χ4v) is 5.66. The van der Waals surface area contributed by atoms with Crippen LogP contribution in [0.15, 0.2) is 57.9 Å². The van der Waals surface area contributed by atoms with Gasteiger partial charge in [0.15, 0.2) is 16.3 Å². The highest BCUT2D eigenvalue weighted by Gasteiger charge is 2.28. The molecule has 0 saturated carbocycles. The molecule has 12 heteroatoms. The van der Waals surface area contributed by atoms with Crippen LogP contribution in [0.4, 0.5) is 11.6 Å². The Bertz CT molecular complexity index is 1510. The molecule has 3 heterocycles. The molecule has 1 aliphatic heterocycles. The van der Waals surface area contributed by atoms with Gasteiger partial charge in [0.25, 0.3) is 10.0 Å². The van der Waals surface area contributed by atoms with Gasteiger partial charge in [0, 0.05) is 31.7 Å². The third-order valence-corrected chi connectivity index (χ3v) is 7.51. The van der Waals surface area contributed by atoms with E-state index in [0.29, 0.717) is 16.7 Å². The predicted octanol–water partition coefficient (Wildman–Crippen LogP) is 3.13. The number of fused-ring (bicyclic) bond motifs is 1. The van der Waals surface area contributed by atoms with Crippen LogP contribution in [-0.4, -0.2) is 66.1 Å². The van der Waals surface area contributed by atoms with Gasteiger partial charge >= 0.3 is 0 Å². The van der Waals surface area contributed by atoms with Crippen molar-refractivity contribution < 1.29 is 27.2 Å². The number of rotatable bonds is 8. The molecule has 2 N–H and O–H groups in total. The minimum Gasteiger partial charge on any atom is -0.496 e. The van der Waals surface area contributed by atoms with Gasteiger partial charge in [0.05, 0.1) is 27.0 Å². The van der Waals surface area contributed by atoms with Gasteiger partial charge in [-0.25, -0.2) is 13.4 Å². The van der Waals surface area contributed by atoms with Gasteiger partial charge in [0.2, 0.25) is 0 Å². The molecule has 2 aromatic carbocycles. The fourth-order valence-electron chi connectivity index (χ4n) is 4.33. The molecular weight excluding hydrogens is 498 g/mol.